The quantitative estimate of drug-likeness (QED) is 0.296. The van der Waals surface area contributed by atoms with E-state index in [0.717, 1.165) is 0 Å². The lowest BCUT2D eigenvalue weighted by Crippen LogP contribution is -2.37. The number of carbonyl (C=O) groups excluding carboxylic acids is 2. The molecule has 0 atom stereocenters. The molecule has 0 saturated heterocycles. The number of hydrogen-bond acceptors (Lipinski definition) is 8. The number of rotatable bonds is 8. The molecule has 158 valence electrons. The van der Waals surface area contributed by atoms with Gasteiger partial charge in [0, 0.05) is 6.54 Å². The zero-order valence-electron chi connectivity index (χ0n) is 16.6. The SMILES string of the molecule is C=CCn1c(=O)c2ccccc2n2c(=S)n(CN(CC(=O)OC)CC(=O)OC)nc12. The van der Waals surface area contributed by atoms with Gasteiger partial charge in [0.2, 0.25) is 10.5 Å². The molecule has 1 aromatic carbocycles. The van der Waals surface area contributed by atoms with Crippen LogP contribution in [0.15, 0.2) is 41.7 Å². The van der Waals surface area contributed by atoms with Crippen molar-refractivity contribution in [3.05, 3.63) is 52.0 Å². The summed E-state index contributed by atoms with van der Waals surface area (Å²) >= 11 is 5.61. The van der Waals surface area contributed by atoms with Gasteiger partial charge in [0.15, 0.2) is 0 Å². The minimum absolute atomic E-state index is 0.0152. The molecule has 2 aromatic heterocycles. The predicted molar refractivity (Wildman–Crippen MR) is 112 cm³/mol. The highest BCUT2D eigenvalue weighted by atomic mass is 32.1. The molecule has 0 fully saturated rings. The summed E-state index contributed by atoms with van der Waals surface area (Å²) in [6.45, 7) is 3.63. The largest absolute Gasteiger partial charge is 0.468 e. The molecule has 0 bridgehead atoms. The number of aromatic nitrogens is 4. The van der Waals surface area contributed by atoms with Gasteiger partial charge in [-0.2, -0.15) is 0 Å². The number of carbonyl (C=O) groups is 2. The molecule has 0 aliphatic heterocycles. The van der Waals surface area contributed by atoms with E-state index in [1.165, 1.54) is 28.4 Å². The first kappa shape index (κ1) is 21.4. The normalized spacial score (nSPS) is 11.2. The number of fused-ring (bicyclic) bond motifs is 3. The van der Waals surface area contributed by atoms with Crippen molar-refractivity contribution < 1.29 is 19.1 Å². The number of allylic oxidation sites excluding steroid dienone is 1. The fourth-order valence-electron chi connectivity index (χ4n) is 3.09. The van der Waals surface area contributed by atoms with Gasteiger partial charge in [0.25, 0.3) is 5.56 Å². The summed E-state index contributed by atoms with van der Waals surface area (Å²) in [6.07, 6.45) is 1.60. The summed E-state index contributed by atoms with van der Waals surface area (Å²) < 4.78 is 14.3. The first-order valence-electron chi connectivity index (χ1n) is 8.99. The van der Waals surface area contributed by atoms with Gasteiger partial charge in [-0.1, -0.05) is 18.2 Å². The second-order valence-electron chi connectivity index (χ2n) is 6.42. The summed E-state index contributed by atoms with van der Waals surface area (Å²) in [5.74, 6) is -0.717. The lowest BCUT2D eigenvalue weighted by molar-refractivity contribution is -0.146. The van der Waals surface area contributed by atoms with Crippen molar-refractivity contribution in [2.45, 2.75) is 13.2 Å². The van der Waals surface area contributed by atoms with Gasteiger partial charge in [-0.05, 0) is 24.4 Å². The van der Waals surface area contributed by atoms with Gasteiger partial charge in [-0.25, -0.2) is 4.68 Å². The van der Waals surface area contributed by atoms with Crippen molar-refractivity contribution in [1.82, 2.24) is 23.6 Å². The molecule has 0 radical (unpaired) electrons. The van der Waals surface area contributed by atoms with Crippen LogP contribution >= 0.6 is 12.2 Å². The van der Waals surface area contributed by atoms with Crippen molar-refractivity contribution >= 4 is 40.8 Å². The van der Waals surface area contributed by atoms with E-state index in [-0.39, 0.29) is 31.9 Å². The minimum atomic E-state index is -0.525. The Hall–Kier alpha value is -3.31. The maximum atomic E-state index is 12.9. The van der Waals surface area contributed by atoms with E-state index in [1.807, 2.05) is 0 Å². The van der Waals surface area contributed by atoms with Crippen LogP contribution in [0.2, 0.25) is 0 Å². The van der Waals surface area contributed by atoms with Crippen LogP contribution in [0.3, 0.4) is 0 Å². The van der Waals surface area contributed by atoms with E-state index in [9.17, 15) is 14.4 Å². The van der Waals surface area contributed by atoms with Crippen LogP contribution in [-0.4, -0.2) is 62.9 Å². The fourth-order valence-corrected chi connectivity index (χ4v) is 3.37. The molecule has 0 N–H and O–H groups in total. The number of benzene rings is 1. The maximum Gasteiger partial charge on any atom is 0.319 e. The lowest BCUT2D eigenvalue weighted by Gasteiger charge is -2.19. The number of hydrogen-bond donors (Lipinski definition) is 0. The summed E-state index contributed by atoms with van der Waals surface area (Å²) in [4.78, 5) is 37.9. The van der Waals surface area contributed by atoms with E-state index in [2.05, 4.69) is 11.7 Å². The molecule has 3 rings (SSSR count). The molecule has 11 heteroatoms. The molecular weight excluding hydrogens is 410 g/mol. The third kappa shape index (κ3) is 4.02. The highest BCUT2D eigenvalue weighted by Crippen LogP contribution is 2.14. The van der Waals surface area contributed by atoms with E-state index in [1.54, 1.807) is 34.7 Å². The monoisotopic (exact) mass is 431 g/mol. The van der Waals surface area contributed by atoms with Gasteiger partial charge < -0.3 is 9.47 Å². The smallest absolute Gasteiger partial charge is 0.319 e. The second kappa shape index (κ2) is 9.01. The van der Waals surface area contributed by atoms with Gasteiger partial charge in [0.05, 0.1) is 44.9 Å². The topological polar surface area (TPSA) is 100 Å². The van der Waals surface area contributed by atoms with Crippen LogP contribution in [0.25, 0.3) is 16.7 Å². The summed E-state index contributed by atoms with van der Waals surface area (Å²) in [6, 6.07) is 7.08. The van der Waals surface area contributed by atoms with Crippen molar-refractivity contribution in [1.29, 1.82) is 0 Å². The molecule has 0 aliphatic rings. The van der Waals surface area contributed by atoms with Crippen molar-refractivity contribution in [3.63, 3.8) is 0 Å². The molecule has 3 aromatic rings. The molecule has 2 heterocycles. The molecular formula is C19H21N5O5S. The van der Waals surface area contributed by atoms with Crippen LogP contribution in [0.1, 0.15) is 0 Å². The molecule has 30 heavy (non-hydrogen) atoms. The first-order valence-corrected chi connectivity index (χ1v) is 9.40. The molecule has 10 nitrogen and oxygen atoms in total. The van der Waals surface area contributed by atoms with Crippen LogP contribution in [0.4, 0.5) is 0 Å². The molecule has 0 saturated carbocycles. The molecule has 0 amide bonds. The summed E-state index contributed by atoms with van der Waals surface area (Å²) in [5, 5.41) is 4.98. The number of methoxy groups -OCH3 is 2. The van der Waals surface area contributed by atoms with Gasteiger partial charge in [0.1, 0.15) is 0 Å². The molecule has 0 unspecified atom stereocenters. The van der Waals surface area contributed by atoms with Crippen LogP contribution in [-0.2, 0) is 32.3 Å². The highest BCUT2D eigenvalue weighted by Gasteiger charge is 2.20. The Morgan fingerprint density at radius 1 is 1.20 bits per heavy atom. The van der Waals surface area contributed by atoms with E-state index in [0.29, 0.717) is 21.5 Å². The molecule has 0 aliphatic carbocycles. The predicted octanol–water partition coefficient (Wildman–Crippen LogP) is 0.972. The van der Waals surface area contributed by atoms with Crippen molar-refractivity contribution in [2.24, 2.45) is 0 Å². The average Bonchev–Trinajstić information content (AvgIpc) is 3.06. The van der Waals surface area contributed by atoms with E-state index in [4.69, 9.17) is 21.7 Å². The zero-order chi connectivity index (χ0) is 21.8. The highest BCUT2D eigenvalue weighted by molar-refractivity contribution is 7.71. The molecule has 0 spiro atoms. The standard InChI is InChI=1S/C19H21N5O5S/c1-4-9-22-17(27)13-7-5-6-8-14(13)24-18(22)20-23(19(24)30)12-21(10-15(25)28-2)11-16(26)29-3/h4-8H,1,9-12H2,2-3H3. The number of nitrogens with zero attached hydrogens (tertiary/aromatic N) is 5. The average molecular weight is 431 g/mol. The van der Waals surface area contributed by atoms with Crippen molar-refractivity contribution in [3.8, 4) is 0 Å². The van der Waals surface area contributed by atoms with Crippen LogP contribution < -0.4 is 5.56 Å². The lowest BCUT2D eigenvalue weighted by atomic mass is 10.2. The maximum absolute atomic E-state index is 12.9. The Kier molecular flexibility index (Phi) is 6.43. The Balaban J connectivity index is 2.16. The van der Waals surface area contributed by atoms with Crippen LogP contribution in [0.5, 0.6) is 0 Å². The Labute approximate surface area is 176 Å². The third-order valence-electron chi connectivity index (χ3n) is 4.49. The van der Waals surface area contributed by atoms with Crippen LogP contribution in [0, 0.1) is 4.77 Å². The second-order valence-corrected chi connectivity index (χ2v) is 6.78. The van der Waals surface area contributed by atoms with Gasteiger partial charge in [-0.3, -0.25) is 28.3 Å². The number of ether oxygens (including phenoxy) is 2. The van der Waals surface area contributed by atoms with Gasteiger partial charge >= 0.3 is 11.9 Å². The van der Waals surface area contributed by atoms with Crippen molar-refractivity contribution in [2.75, 3.05) is 27.3 Å². The van der Waals surface area contributed by atoms with E-state index >= 15 is 0 Å². The number of para-hydroxylation sites is 1. The fraction of sp³-hybridized carbons (Fsp3) is 0.316. The Morgan fingerprint density at radius 2 is 1.83 bits per heavy atom. The Bertz CT molecular complexity index is 1220. The minimum Gasteiger partial charge on any atom is -0.468 e. The summed E-state index contributed by atoms with van der Waals surface area (Å²) in [7, 11) is 2.52. The van der Waals surface area contributed by atoms with Gasteiger partial charge in [-0.15, -0.1) is 11.7 Å². The first-order chi connectivity index (χ1) is 14.4. The third-order valence-corrected chi connectivity index (χ3v) is 4.88. The summed E-state index contributed by atoms with van der Waals surface area (Å²) in [5.41, 5.74) is 0.396. The van der Waals surface area contributed by atoms with E-state index < -0.39 is 11.9 Å². The zero-order valence-corrected chi connectivity index (χ0v) is 17.4. The Morgan fingerprint density at radius 3 is 2.43 bits per heavy atom. The number of esters is 2.